The number of aliphatic hydroxyl groups excluding tert-OH is 2. The van der Waals surface area contributed by atoms with Crippen LogP contribution in [-0.4, -0.2) is 59.4 Å². The van der Waals surface area contributed by atoms with Crippen molar-refractivity contribution in [3.63, 3.8) is 0 Å². The number of aliphatic hydroxyl groups is 2. The summed E-state index contributed by atoms with van der Waals surface area (Å²) in [5.74, 6) is 0.401. The summed E-state index contributed by atoms with van der Waals surface area (Å²) in [6, 6.07) is 0. The number of likely N-dealkylation sites (tertiary alicyclic amines) is 1. The Bertz CT molecular complexity index is 249. The number of carbonyl (C=O) groups excluding carboxylic acids is 1. The van der Waals surface area contributed by atoms with E-state index >= 15 is 0 Å². The number of carbonyl (C=O) groups is 1. The van der Waals surface area contributed by atoms with E-state index in [0.717, 1.165) is 6.54 Å². The molecule has 3 N–H and O–H groups in total. The highest BCUT2D eigenvalue weighted by molar-refractivity contribution is 5.80. The number of hydrogen-bond acceptors (Lipinski definition) is 4. The average Bonchev–Trinajstić information content (AvgIpc) is 2.74. The van der Waals surface area contributed by atoms with Crippen LogP contribution in [0.4, 0.5) is 0 Å². The van der Waals surface area contributed by atoms with Gasteiger partial charge in [0.15, 0.2) is 0 Å². The van der Waals surface area contributed by atoms with E-state index in [4.69, 9.17) is 0 Å². The van der Waals surface area contributed by atoms with Crippen LogP contribution in [0.2, 0.25) is 0 Å². The molecule has 2 heterocycles. The molecule has 0 spiro atoms. The molecule has 86 valence electrons. The smallest absolute Gasteiger partial charge is 0.227 e. The Labute approximate surface area is 89.1 Å². The third kappa shape index (κ3) is 2.00. The van der Waals surface area contributed by atoms with Crippen LogP contribution in [0.25, 0.3) is 0 Å². The summed E-state index contributed by atoms with van der Waals surface area (Å²) >= 11 is 0. The average molecular weight is 214 g/mol. The Morgan fingerprint density at radius 1 is 1.27 bits per heavy atom. The van der Waals surface area contributed by atoms with Crippen LogP contribution in [0.15, 0.2) is 0 Å². The van der Waals surface area contributed by atoms with Crippen molar-refractivity contribution in [2.75, 3.05) is 26.2 Å². The molecule has 2 aliphatic rings. The van der Waals surface area contributed by atoms with Gasteiger partial charge in [-0.1, -0.05) is 6.92 Å². The lowest BCUT2D eigenvalue weighted by atomic mass is 9.97. The SMILES string of the molecule is C[C@@H]1CNC[C@H]1C(=O)N1CC(O)C(O)C1. The first-order chi connectivity index (χ1) is 7.09. The van der Waals surface area contributed by atoms with Gasteiger partial charge in [-0.05, 0) is 12.5 Å². The summed E-state index contributed by atoms with van der Waals surface area (Å²) in [5, 5.41) is 21.9. The minimum Gasteiger partial charge on any atom is -0.388 e. The monoisotopic (exact) mass is 214 g/mol. The van der Waals surface area contributed by atoms with E-state index in [1.807, 2.05) is 6.92 Å². The maximum atomic E-state index is 12.0. The number of rotatable bonds is 1. The summed E-state index contributed by atoms with van der Waals surface area (Å²) in [5.41, 5.74) is 0. The van der Waals surface area contributed by atoms with Crippen LogP contribution >= 0.6 is 0 Å². The molecule has 2 rings (SSSR count). The third-order valence-corrected chi connectivity index (χ3v) is 3.41. The molecule has 0 radical (unpaired) electrons. The Morgan fingerprint density at radius 3 is 2.33 bits per heavy atom. The molecular formula is C10H18N2O3. The molecule has 2 aliphatic heterocycles. The van der Waals surface area contributed by atoms with E-state index in [0.29, 0.717) is 12.5 Å². The molecule has 0 aromatic rings. The normalized spacial score (nSPS) is 41.1. The lowest BCUT2D eigenvalue weighted by Crippen LogP contribution is -2.38. The van der Waals surface area contributed by atoms with Gasteiger partial charge in [-0.15, -0.1) is 0 Å². The number of β-amino-alcohol motifs (C(OH)–C–C–N with tert-alkyl or cyclic N) is 2. The highest BCUT2D eigenvalue weighted by Gasteiger charge is 2.38. The van der Waals surface area contributed by atoms with Crippen molar-refractivity contribution in [3.05, 3.63) is 0 Å². The lowest BCUT2D eigenvalue weighted by molar-refractivity contribution is -0.135. The first-order valence-corrected chi connectivity index (χ1v) is 5.45. The number of nitrogens with zero attached hydrogens (tertiary/aromatic N) is 1. The largest absolute Gasteiger partial charge is 0.388 e. The van der Waals surface area contributed by atoms with E-state index in [1.165, 1.54) is 0 Å². The number of hydrogen-bond donors (Lipinski definition) is 3. The first kappa shape index (κ1) is 10.9. The minimum atomic E-state index is -0.779. The Hall–Kier alpha value is -0.650. The molecule has 4 atom stereocenters. The predicted octanol–water partition coefficient (Wildman–Crippen LogP) is -1.59. The second kappa shape index (κ2) is 4.08. The van der Waals surface area contributed by atoms with Gasteiger partial charge in [0.1, 0.15) is 0 Å². The summed E-state index contributed by atoms with van der Waals surface area (Å²) in [7, 11) is 0. The minimum absolute atomic E-state index is 0.00231. The fraction of sp³-hybridized carbons (Fsp3) is 0.900. The number of amides is 1. The zero-order valence-electron chi connectivity index (χ0n) is 8.89. The van der Waals surface area contributed by atoms with Gasteiger partial charge in [0, 0.05) is 19.6 Å². The zero-order chi connectivity index (χ0) is 11.0. The van der Waals surface area contributed by atoms with Crippen molar-refractivity contribution < 1.29 is 15.0 Å². The van der Waals surface area contributed by atoms with Gasteiger partial charge < -0.3 is 20.4 Å². The van der Waals surface area contributed by atoms with Crippen LogP contribution in [0.1, 0.15) is 6.92 Å². The summed E-state index contributed by atoms with van der Waals surface area (Å²) in [6.07, 6.45) is -1.56. The topological polar surface area (TPSA) is 72.8 Å². The fourth-order valence-electron chi connectivity index (χ4n) is 2.32. The maximum absolute atomic E-state index is 12.0. The quantitative estimate of drug-likeness (QED) is 0.492. The highest BCUT2D eigenvalue weighted by Crippen LogP contribution is 2.21. The number of nitrogens with one attached hydrogen (secondary N) is 1. The zero-order valence-corrected chi connectivity index (χ0v) is 8.89. The van der Waals surface area contributed by atoms with E-state index in [9.17, 15) is 15.0 Å². The molecular weight excluding hydrogens is 196 g/mol. The van der Waals surface area contributed by atoms with Crippen molar-refractivity contribution in [1.82, 2.24) is 10.2 Å². The van der Waals surface area contributed by atoms with Crippen molar-refractivity contribution >= 4 is 5.91 Å². The van der Waals surface area contributed by atoms with Gasteiger partial charge >= 0.3 is 0 Å². The molecule has 0 aromatic carbocycles. The van der Waals surface area contributed by atoms with Crippen molar-refractivity contribution in [1.29, 1.82) is 0 Å². The van der Waals surface area contributed by atoms with Gasteiger partial charge in [0.25, 0.3) is 0 Å². The third-order valence-electron chi connectivity index (χ3n) is 3.41. The molecule has 2 fully saturated rings. The molecule has 2 saturated heterocycles. The Morgan fingerprint density at radius 2 is 1.87 bits per heavy atom. The van der Waals surface area contributed by atoms with Gasteiger partial charge in [-0.2, -0.15) is 0 Å². The molecule has 5 heteroatoms. The van der Waals surface area contributed by atoms with Crippen molar-refractivity contribution in [2.24, 2.45) is 11.8 Å². The lowest BCUT2D eigenvalue weighted by Gasteiger charge is -2.21. The molecule has 5 nitrogen and oxygen atoms in total. The molecule has 0 aliphatic carbocycles. The van der Waals surface area contributed by atoms with Gasteiger partial charge in [-0.25, -0.2) is 0 Å². The molecule has 1 amide bonds. The van der Waals surface area contributed by atoms with Crippen molar-refractivity contribution in [3.8, 4) is 0 Å². The van der Waals surface area contributed by atoms with Crippen LogP contribution in [-0.2, 0) is 4.79 Å². The predicted molar refractivity (Wildman–Crippen MR) is 54.1 cm³/mol. The van der Waals surface area contributed by atoms with Crippen molar-refractivity contribution in [2.45, 2.75) is 19.1 Å². The molecule has 0 bridgehead atoms. The van der Waals surface area contributed by atoms with Gasteiger partial charge in [0.05, 0.1) is 18.1 Å². The Balaban J connectivity index is 1.97. The maximum Gasteiger partial charge on any atom is 0.227 e. The molecule has 15 heavy (non-hydrogen) atoms. The summed E-state index contributed by atoms with van der Waals surface area (Å²) in [6.45, 7) is 4.16. The highest BCUT2D eigenvalue weighted by atomic mass is 16.3. The standard InChI is InChI=1S/C10H18N2O3/c1-6-2-11-3-7(6)10(15)12-4-8(13)9(14)5-12/h6-9,11,13-14H,2-5H2,1H3/t6-,7-,8?,9?/m1/s1. The molecule has 0 saturated carbocycles. The Kier molecular flexibility index (Phi) is 2.95. The van der Waals surface area contributed by atoms with Gasteiger partial charge in [-0.3, -0.25) is 4.79 Å². The second-order valence-corrected chi connectivity index (χ2v) is 4.62. The van der Waals surface area contributed by atoms with Gasteiger partial charge in [0.2, 0.25) is 5.91 Å². The second-order valence-electron chi connectivity index (χ2n) is 4.62. The molecule has 2 unspecified atom stereocenters. The van der Waals surface area contributed by atoms with E-state index in [-0.39, 0.29) is 24.9 Å². The van der Waals surface area contributed by atoms with Crippen LogP contribution in [0.5, 0.6) is 0 Å². The summed E-state index contributed by atoms with van der Waals surface area (Å²) < 4.78 is 0. The fourth-order valence-corrected chi connectivity index (χ4v) is 2.32. The first-order valence-electron chi connectivity index (χ1n) is 5.45. The van der Waals surface area contributed by atoms with Crippen LogP contribution < -0.4 is 5.32 Å². The van der Waals surface area contributed by atoms with Crippen LogP contribution in [0.3, 0.4) is 0 Å². The van der Waals surface area contributed by atoms with Crippen LogP contribution in [0, 0.1) is 11.8 Å². The van der Waals surface area contributed by atoms with E-state index in [1.54, 1.807) is 4.90 Å². The van der Waals surface area contributed by atoms with E-state index in [2.05, 4.69) is 5.32 Å². The summed E-state index contributed by atoms with van der Waals surface area (Å²) in [4.78, 5) is 13.6. The van der Waals surface area contributed by atoms with E-state index < -0.39 is 12.2 Å². The molecule has 0 aromatic heterocycles.